The summed E-state index contributed by atoms with van der Waals surface area (Å²) in [5.41, 5.74) is 2.10. The molecular formula is C25H30N4O3. The molecule has 1 N–H and O–H groups in total. The predicted molar refractivity (Wildman–Crippen MR) is 120 cm³/mol. The van der Waals surface area contributed by atoms with Crippen molar-refractivity contribution in [1.82, 2.24) is 19.8 Å². The number of carbonyl (C=O) groups excluding carboxylic acids is 3. The molecule has 1 fully saturated rings. The summed E-state index contributed by atoms with van der Waals surface area (Å²) in [7, 11) is 0. The zero-order valence-electron chi connectivity index (χ0n) is 18.6. The normalized spacial score (nSPS) is 21.2. The zero-order valence-corrected chi connectivity index (χ0v) is 18.6. The molecule has 7 heteroatoms. The van der Waals surface area contributed by atoms with Crippen molar-refractivity contribution < 1.29 is 14.4 Å². The Balaban J connectivity index is 1.41. The van der Waals surface area contributed by atoms with Gasteiger partial charge in [0, 0.05) is 25.5 Å². The van der Waals surface area contributed by atoms with Crippen LogP contribution in [-0.4, -0.2) is 38.2 Å². The Bertz CT molecular complexity index is 969. The molecule has 4 rings (SSSR count). The largest absolute Gasteiger partial charge is 0.350 e. The Kier molecular flexibility index (Phi) is 6.53. The molecule has 1 aromatic carbocycles. The number of nitrogens with zero attached hydrogens (tertiary/aromatic N) is 3. The molecule has 3 atom stereocenters. The Morgan fingerprint density at radius 3 is 2.25 bits per heavy atom. The fraction of sp³-hybridized carbons (Fsp3) is 0.440. The highest BCUT2D eigenvalue weighted by Gasteiger charge is 2.51. The number of rotatable bonds is 8. The van der Waals surface area contributed by atoms with Crippen LogP contribution in [0.5, 0.6) is 0 Å². The summed E-state index contributed by atoms with van der Waals surface area (Å²) in [6.45, 7) is 5.08. The molecule has 2 heterocycles. The third-order valence-electron chi connectivity index (χ3n) is 6.26. The highest BCUT2D eigenvalue weighted by atomic mass is 16.2. The van der Waals surface area contributed by atoms with Gasteiger partial charge in [-0.1, -0.05) is 50.3 Å². The minimum absolute atomic E-state index is 0.176. The first kappa shape index (κ1) is 22.0. The van der Waals surface area contributed by atoms with Crippen molar-refractivity contribution in [2.75, 3.05) is 0 Å². The highest BCUT2D eigenvalue weighted by Crippen LogP contribution is 2.37. The summed E-state index contributed by atoms with van der Waals surface area (Å²) in [5.74, 6) is -1.14. The first-order valence-corrected chi connectivity index (χ1v) is 11.3. The fourth-order valence-electron chi connectivity index (χ4n) is 4.57. The number of fused-ring (bicyclic) bond motifs is 1. The van der Waals surface area contributed by atoms with Crippen molar-refractivity contribution in [2.45, 2.75) is 52.2 Å². The molecule has 2 aliphatic rings. The van der Waals surface area contributed by atoms with E-state index in [0.29, 0.717) is 25.8 Å². The van der Waals surface area contributed by atoms with Crippen LogP contribution in [0, 0.1) is 17.8 Å². The van der Waals surface area contributed by atoms with Gasteiger partial charge in [0.05, 0.1) is 18.2 Å². The number of benzene rings is 1. The van der Waals surface area contributed by atoms with Crippen molar-refractivity contribution >= 4 is 17.7 Å². The number of likely N-dealkylation sites (tertiary alicyclic amines) is 1. The number of allylic oxidation sites excluding steroid dienone is 2. The fourth-order valence-corrected chi connectivity index (χ4v) is 4.57. The van der Waals surface area contributed by atoms with Gasteiger partial charge in [0.2, 0.25) is 17.7 Å². The molecule has 1 aliphatic heterocycles. The van der Waals surface area contributed by atoms with E-state index in [1.807, 2.05) is 61.0 Å². The summed E-state index contributed by atoms with van der Waals surface area (Å²) in [5, 5.41) is 2.95. The average Bonchev–Trinajstić information content (AvgIpc) is 3.38. The lowest BCUT2D eigenvalue weighted by Gasteiger charge is -2.27. The molecule has 1 aliphatic carbocycles. The van der Waals surface area contributed by atoms with E-state index in [-0.39, 0.29) is 35.5 Å². The van der Waals surface area contributed by atoms with Crippen LogP contribution < -0.4 is 5.32 Å². The number of hydrogen-bond donors (Lipinski definition) is 1. The summed E-state index contributed by atoms with van der Waals surface area (Å²) < 4.78 is 1.99. The van der Waals surface area contributed by atoms with E-state index in [0.717, 1.165) is 17.7 Å². The molecular weight excluding hydrogens is 404 g/mol. The summed E-state index contributed by atoms with van der Waals surface area (Å²) in [4.78, 5) is 44.4. The van der Waals surface area contributed by atoms with Gasteiger partial charge in [-0.3, -0.25) is 19.3 Å². The minimum Gasteiger partial charge on any atom is -0.350 e. The second-order valence-electron chi connectivity index (χ2n) is 9.12. The van der Waals surface area contributed by atoms with E-state index < -0.39 is 6.04 Å². The third kappa shape index (κ3) is 4.66. The first-order valence-electron chi connectivity index (χ1n) is 11.3. The van der Waals surface area contributed by atoms with Crippen LogP contribution in [0.2, 0.25) is 0 Å². The minimum atomic E-state index is -0.763. The van der Waals surface area contributed by atoms with Crippen LogP contribution in [-0.2, 0) is 27.5 Å². The van der Waals surface area contributed by atoms with Gasteiger partial charge < -0.3 is 9.88 Å². The highest BCUT2D eigenvalue weighted by molar-refractivity contribution is 6.08. The number of imide groups is 1. The topological polar surface area (TPSA) is 84.3 Å². The van der Waals surface area contributed by atoms with Crippen molar-refractivity contribution in [3.63, 3.8) is 0 Å². The van der Waals surface area contributed by atoms with E-state index in [1.54, 1.807) is 12.5 Å². The molecule has 0 bridgehead atoms. The maximum Gasteiger partial charge on any atom is 0.243 e. The molecule has 1 aromatic heterocycles. The summed E-state index contributed by atoms with van der Waals surface area (Å²) >= 11 is 0. The Morgan fingerprint density at radius 2 is 1.69 bits per heavy atom. The van der Waals surface area contributed by atoms with Crippen molar-refractivity contribution in [2.24, 2.45) is 17.8 Å². The van der Waals surface area contributed by atoms with E-state index in [4.69, 9.17) is 0 Å². The molecule has 3 unspecified atom stereocenters. The van der Waals surface area contributed by atoms with E-state index in [1.165, 1.54) is 4.90 Å². The van der Waals surface area contributed by atoms with Gasteiger partial charge in [-0.2, -0.15) is 0 Å². The number of imidazole rings is 1. The lowest BCUT2D eigenvalue weighted by Crippen LogP contribution is -2.50. The lowest BCUT2D eigenvalue weighted by atomic mass is 9.85. The molecule has 3 amide bonds. The number of hydrogen-bond acceptors (Lipinski definition) is 4. The van der Waals surface area contributed by atoms with Gasteiger partial charge in [-0.25, -0.2) is 4.98 Å². The van der Waals surface area contributed by atoms with E-state index >= 15 is 0 Å². The Morgan fingerprint density at radius 1 is 1.06 bits per heavy atom. The van der Waals surface area contributed by atoms with Gasteiger partial charge in [0.15, 0.2) is 0 Å². The molecule has 0 radical (unpaired) electrons. The quantitative estimate of drug-likeness (QED) is 0.511. The molecule has 0 spiro atoms. The van der Waals surface area contributed by atoms with Gasteiger partial charge in [-0.05, 0) is 36.3 Å². The van der Waals surface area contributed by atoms with Crippen LogP contribution >= 0.6 is 0 Å². The first-order chi connectivity index (χ1) is 15.4. The number of carbonyl (C=O) groups is 3. The summed E-state index contributed by atoms with van der Waals surface area (Å²) in [6.07, 6.45) is 11.0. The second kappa shape index (κ2) is 9.51. The average molecular weight is 435 g/mol. The molecule has 168 valence electrons. The van der Waals surface area contributed by atoms with Gasteiger partial charge in [0.25, 0.3) is 0 Å². The number of nitrogens with one attached hydrogen (secondary N) is 1. The second-order valence-corrected chi connectivity index (χ2v) is 9.12. The van der Waals surface area contributed by atoms with Crippen LogP contribution in [0.3, 0.4) is 0 Å². The van der Waals surface area contributed by atoms with Gasteiger partial charge in [-0.15, -0.1) is 0 Å². The molecule has 2 aromatic rings. The lowest BCUT2D eigenvalue weighted by molar-refractivity contribution is -0.148. The van der Waals surface area contributed by atoms with Gasteiger partial charge >= 0.3 is 0 Å². The monoisotopic (exact) mass is 434 g/mol. The van der Waals surface area contributed by atoms with Gasteiger partial charge in [0.1, 0.15) is 6.04 Å². The molecule has 1 saturated heterocycles. The van der Waals surface area contributed by atoms with Crippen LogP contribution in [0.15, 0.2) is 55.1 Å². The standard InChI is InChI=1S/C25H30N4O3/c1-17(2)13-22(29-24(31)20-5-3-4-6-21(20)25(29)32)23(30)27-14-18-7-9-19(10-8-18)15-28-12-11-26-16-28/h3-4,7-12,16-17,20-22H,5-6,13-15H2,1-2H3,(H,27,30). The van der Waals surface area contributed by atoms with Crippen LogP contribution in [0.4, 0.5) is 0 Å². The van der Waals surface area contributed by atoms with Crippen molar-refractivity contribution in [3.05, 3.63) is 66.3 Å². The maximum atomic E-state index is 13.1. The predicted octanol–water partition coefficient (Wildman–Crippen LogP) is 2.91. The number of amides is 3. The smallest absolute Gasteiger partial charge is 0.243 e. The molecule has 32 heavy (non-hydrogen) atoms. The number of aromatic nitrogens is 2. The molecule has 0 saturated carbocycles. The third-order valence-corrected chi connectivity index (χ3v) is 6.26. The SMILES string of the molecule is CC(C)CC(C(=O)NCc1ccc(Cn2ccnc2)cc1)N1C(=O)C2CC=CCC2C1=O. The summed E-state index contributed by atoms with van der Waals surface area (Å²) in [6, 6.07) is 7.25. The Labute approximate surface area is 188 Å². The van der Waals surface area contributed by atoms with Crippen LogP contribution in [0.25, 0.3) is 0 Å². The van der Waals surface area contributed by atoms with Crippen LogP contribution in [0.1, 0.15) is 44.2 Å². The van der Waals surface area contributed by atoms with E-state index in [2.05, 4.69) is 10.3 Å². The zero-order chi connectivity index (χ0) is 22.7. The Hall–Kier alpha value is -3.22. The van der Waals surface area contributed by atoms with Crippen molar-refractivity contribution in [3.8, 4) is 0 Å². The van der Waals surface area contributed by atoms with E-state index in [9.17, 15) is 14.4 Å². The van der Waals surface area contributed by atoms with Crippen molar-refractivity contribution in [1.29, 1.82) is 0 Å². The molecule has 7 nitrogen and oxygen atoms in total. The maximum absolute atomic E-state index is 13.1.